The van der Waals surface area contributed by atoms with Gasteiger partial charge in [-0.25, -0.2) is 9.97 Å². The van der Waals surface area contributed by atoms with Gasteiger partial charge in [-0.1, -0.05) is 26.0 Å². The van der Waals surface area contributed by atoms with E-state index in [1.165, 1.54) is 0 Å². The van der Waals surface area contributed by atoms with Crippen LogP contribution in [0.5, 0.6) is 0 Å². The molecule has 1 fully saturated rings. The maximum absolute atomic E-state index is 12.6. The number of hydrogen-bond acceptors (Lipinski definition) is 5. The van der Waals surface area contributed by atoms with E-state index in [9.17, 15) is 4.79 Å². The summed E-state index contributed by atoms with van der Waals surface area (Å²) in [6.45, 7) is 5.43. The van der Waals surface area contributed by atoms with E-state index in [2.05, 4.69) is 23.8 Å². The van der Waals surface area contributed by atoms with Gasteiger partial charge in [-0.2, -0.15) is 4.68 Å². The summed E-state index contributed by atoms with van der Waals surface area (Å²) in [6.07, 6.45) is 4.73. The highest BCUT2D eigenvalue weighted by atomic mass is 16.2. The van der Waals surface area contributed by atoms with E-state index in [1.807, 2.05) is 41.3 Å². The molecule has 1 atom stereocenters. The predicted octanol–water partition coefficient (Wildman–Crippen LogP) is 2.77. The summed E-state index contributed by atoms with van der Waals surface area (Å²) >= 11 is 0. The number of nitrogens with zero attached hydrogens (tertiary/aromatic N) is 6. The molecule has 0 spiro atoms. The largest absolute Gasteiger partial charge is 0.336 e. The topological polar surface area (TPSA) is 76.8 Å². The average Bonchev–Trinajstić information content (AvgIpc) is 3.26. The Morgan fingerprint density at radius 3 is 2.57 bits per heavy atom. The molecule has 144 valence electrons. The third kappa shape index (κ3) is 3.93. The third-order valence-corrected chi connectivity index (χ3v) is 4.79. The minimum atomic E-state index is -0.00775. The first-order chi connectivity index (χ1) is 13.6. The minimum absolute atomic E-state index is 0.00775. The Hall–Kier alpha value is -3.09. The molecule has 0 radical (unpaired) electrons. The number of amides is 1. The zero-order chi connectivity index (χ0) is 19.5. The Kier molecular flexibility index (Phi) is 5.14. The first kappa shape index (κ1) is 18.3. The average molecular weight is 376 g/mol. The van der Waals surface area contributed by atoms with Gasteiger partial charge in [0.25, 0.3) is 0 Å². The lowest BCUT2D eigenvalue weighted by Gasteiger charge is -2.16. The van der Waals surface area contributed by atoms with Crippen LogP contribution in [0.1, 0.15) is 43.5 Å². The van der Waals surface area contributed by atoms with Crippen molar-refractivity contribution < 1.29 is 4.79 Å². The maximum Gasteiger partial charge on any atom is 0.223 e. The number of hydrogen-bond donors (Lipinski definition) is 0. The van der Waals surface area contributed by atoms with Crippen LogP contribution >= 0.6 is 0 Å². The molecule has 0 aliphatic carbocycles. The van der Waals surface area contributed by atoms with Crippen LogP contribution in [0.4, 0.5) is 0 Å². The first-order valence-electron chi connectivity index (χ1n) is 9.65. The van der Waals surface area contributed by atoms with Crippen LogP contribution in [0.2, 0.25) is 0 Å². The monoisotopic (exact) mass is 376 g/mol. The lowest BCUT2D eigenvalue weighted by molar-refractivity contribution is -0.128. The van der Waals surface area contributed by atoms with Gasteiger partial charge in [-0.3, -0.25) is 9.78 Å². The van der Waals surface area contributed by atoms with Crippen LogP contribution in [-0.4, -0.2) is 42.1 Å². The van der Waals surface area contributed by atoms with Crippen molar-refractivity contribution in [3.8, 4) is 5.82 Å². The fourth-order valence-corrected chi connectivity index (χ4v) is 3.52. The molecule has 4 rings (SSSR count). The maximum atomic E-state index is 12.6. The van der Waals surface area contributed by atoms with Gasteiger partial charge in [-0.15, -0.1) is 5.10 Å². The van der Waals surface area contributed by atoms with Gasteiger partial charge in [0.1, 0.15) is 5.82 Å². The first-order valence-corrected chi connectivity index (χ1v) is 9.65. The van der Waals surface area contributed by atoms with Crippen LogP contribution in [0.3, 0.4) is 0 Å². The molecule has 0 N–H and O–H groups in total. The normalized spacial score (nSPS) is 16.9. The number of likely N-dealkylation sites (tertiary alicyclic amines) is 1. The van der Waals surface area contributed by atoms with Crippen molar-refractivity contribution in [1.29, 1.82) is 0 Å². The van der Waals surface area contributed by atoms with E-state index < -0.39 is 0 Å². The summed E-state index contributed by atoms with van der Waals surface area (Å²) in [7, 11) is 0. The molecule has 0 aromatic carbocycles. The number of aromatic nitrogens is 5. The van der Waals surface area contributed by atoms with E-state index in [0.717, 1.165) is 29.6 Å². The van der Waals surface area contributed by atoms with E-state index in [1.54, 1.807) is 17.1 Å². The van der Waals surface area contributed by atoms with Crippen LogP contribution in [0.25, 0.3) is 5.82 Å². The SMILES string of the molecule is CC(C)Cc1nc([C@H]2CC(=O)N(Cc3ccccn3)C2)n(-c2ccccn2)n1. The van der Waals surface area contributed by atoms with E-state index >= 15 is 0 Å². The fourth-order valence-electron chi connectivity index (χ4n) is 3.52. The van der Waals surface area contributed by atoms with Crippen LogP contribution in [0, 0.1) is 5.92 Å². The molecule has 1 aliphatic rings. The predicted molar refractivity (Wildman–Crippen MR) is 105 cm³/mol. The number of rotatable bonds is 6. The second-order valence-electron chi connectivity index (χ2n) is 7.58. The Bertz CT molecular complexity index is 938. The van der Waals surface area contributed by atoms with Crippen molar-refractivity contribution in [1.82, 2.24) is 29.6 Å². The smallest absolute Gasteiger partial charge is 0.223 e. The fraction of sp³-hybridized carbons (Fsp3) is 0.381. The lowest BCUT2D eigenvalue weighted by atomic mass is 10.1. The highest BCUT2D eigenvalue weighted by Gasteiger charge is 2.34. The van der Waals surface area contributed by atoms with Crippen molar-refractivity contribution in [2.24, 2.45) is 5.92 Å². The van der Waals surface area contributed by atoms with Gasteiger partial charge >= 0.3 is 0 Å². The summed E-state index contributed by atoms with van der Waals surface area (Å²) in [4.78, 5) is 28.0. The molecule has 3 aromatic heterocycles. The van der Waals surface area contributed by atoms with Gasteiger partial charge in [-0.05, 0) is 30.2 Å². The molecule has 1 amide bonds. The highest BCUT2D eigenvalue weighted by molar-refractivity contribution is 5.79. The summed E-state index contributed by atoms with van der Waals surface area (Å²) in [5, 5.41) is 4.70. The molecule has 7 nitrogen and oxygen atoms in total. The zero-order valence-electron chi connectivity index (χ0n) is 16.2. The van der Waals surface area contributed by atoms with Crippen molar-refractivity contribution in [3.63, 3.8) is 0 Å². The molecule has 1 saturated heterocycles. The van der Waals surface area contributed by atoms with Crippen LogP contribution in [0.15, 0.2) is 48.8 Å². The van der Waals surface area contributed by atoms with Crippen molar-refractivity contribution >= 4 is 5.91 Å². The van der Waals surface area contributed by atoms with Crippen LogP contribution < -0.4 is 0 Å². The van der Waals surface area contributed by atoms with Crippen molar-refractivity contribution in [2.75, 3.05) is 6.54 Å². The lowest BCUT2D eigenvalue weighted by Crippen LogP contribution is -2.25. The third-order valence-electron chi connectivity index (χ3n) is 4.79. The summed E-state index contributed by atoms with van der Waals surface area (Å²) in [5.41, 5.74) is 0.892. The molecule has 7 heteroatoms. The number of pyridine rings is 2. The minimum Gasteiger partial charge on any atom is -0.336 e. The highest BCUT2D eigenvalue weighted by Crippen LogP contribution is 2.29. The Morgan fingerprint density at radius 1 is 1.11 bits per heavy atom. The van der Waals surface area contributed by atoms with Gasteiger partial charge in [0, 0.05) is 37.7 Å². The number of carbonyl (C=O) groups excluding carboxylic acids is 1. The summed E-state index contributed by atoms with van der Waals surface area (Å²) in [6, 6.07) is 11.5. The zero-order valence-corrected chi connectivity index (χ0v) is 16.2. The molecule has 28 heavy (non-hydrogen) atoms. The van der Waals surface area contributed by atoms with Crippen molar-refractivity contribution in [2.45, 2.75) is 39.2 Å². The molecule has 0 bridgehead atoms. The quantitative estimate of drug-likeness (QED) is 0.661. The van der Waals surface area contributed by atoms with E-state index in [-0.39, 0.29) is 11.8 Å². The Labute approximate surface area is 164 Å². The Morgan fingerprint density at radius 2 is 1.89 bits per heavy atom. The second kappa shape index (κ2) is 7.88. The van der Waals surface area contributed by atoms with Gasteiger partial charge in [0.2, 0.25) is 5.91 Å². The number of carbonyl (C=O) groups is 1. The standard InChI is InChI=1S/C21H24N6O/c1-15(2)11-18-24-21(27(25-18)19-8-4-6-10-23-19)16-12-20(28)26(13-16)14-17-7-3-5-9-22-17/h3-10,15-16H,11-14H2,1-2H3/t16-/m0/s1. The second-order valence-corrected chi connectivity index (χ2v) is 7.58. The molecule has 3 aromatic rings. The molecule has 4 heterocycles. The van der Waals surface area contributed by atoms with Gasteiger partial charge in [0.05, 0.1) is 12.2 Å². The van der Waals surface area contributed by atoms with Gasteiger partial charge < -0.3 is 4.90 Å². The summed E-state index contributed by atoms with van der Waals surface area (Å²) in [5.74, 6) is 2.91. The molecular weight excluding hydrogens is 352 g/mol. The molecule has 0 unspecified atom stereocenters. The molecule has 1 aliphatic heterocycles. The van der Waals surface area contributed by atoms with Crippen LogP contribution in [-0.2, 0) is 17.8 Å². The van der Waals surface area contributed by atoms with E-state index in [0.29, 0.717) is 25.4 Å². The van der Waals surface area contributed by atoms with Gasteiger partial charge in [0.15, 0.2) is 11.6 Å². The summed E-state index contributed by atoms with van der Waals surface area (Å²) < 4.78 is 1.81. The molecular formula is C21H24N6O. The molecule has 0 saturated carbocycles. The van der Waals surface area contributed by atoms with Crippen molar-refractivity contribution in [3.05, 3.63) is 66.1 Å². The Balaban J connectivity index is 1.61. The van der Waals surface area contributed by atoms with E-state index in [4.69, 9.17) is 10.1 Å².